The first kappa shape index (κ1) is 17.0. The number of hydrogen-bond acceptors (Lipinski definition) is 4. The monoisotopic (exact) mass is 314 g/mol. The third kappa shape index (κ3) is 5.42. The number of benzene rings is 1. The van der Waals surface area contributed by atoms with Gasteiger partial charge in [-0.25, -0.2) is 18.0 Å². The number of nitrogens with one attached hydrogen (secondary N) is 2. The van der Waals surface area contributed by atoms with Crippen molar-refractivity contribution in [3.8, 4) is 0 Å². The molecule has 1 rings (SSSR count). The van der Waals surface area contributed by atoms with Crippen molar-refractivity contribution in [3.63, 3.8) is 0 Å². The molecule has 3 N–H and O–H groups in total. The SMILES string of the molecule is Cc1c(NC(=O)NC(C)CS(C)(=O)=O)cccc1C(=O)O. The molecule has 0 aliphatic rings. The summed E-state index contributed by atoms with van der Waals surface area (Å²) in [5, 5.41) is 14.0. The molecule has 1 aromatic carbocycles. The molecular weight excluding hydrogens is 296 g/mol. The van der Waals surface area contributed by atoms with Gasteiger partial charge >= 0.3 is 12.0 Å². The van der Waals surface area contributed by atoms with E-state index in [9.17, 15) is 18.0 Å². The Kier molecular flexibility index (Phi) is 5.31. The van der Waals surface area contributed by atoms with Crippen LogP contribution in [0, 0.1) is 6.92 Å². The Morgan fingerprint density at radius 3 is 2.48 bits per heavy atom. The molecule has 0 radical (unpaired) electrons. The Morgan fingerprint density at radius 2 is 1.95 bits per heavy atom. The Balaban J connectivity index is 2.76. The lowest BCUT2D eigenvalue weighted by Crippen LogP contribution is -2.40. The summed E-state index contributed by atoms with van der Waals surface area (Å²) in [5.41, 5.74) is 0.881. The van der Waals surface area contributed by atoms with Crippen molar-refractivity contribution < 1.29 is 23.1 Å². The van der Waals surface area contributed by atoms with Crippen molar-refractivity contribution >= 4 is 27.5 Å². The zero-order valence-electron chi connectivity index (χ0n) is 12.0. The maximum Gasteiger partial charge on any atom is 0.336 e. The van der Waals surface area contributed by atoms with Gasteiger partial charge in [-0.05, 0) is 31.5 Å². The molecule has 1 atom stereocenters. The van der Waals surface area contributed by atoms with Gasteiger partial charge in [-0.3, -0.25) is 0 Å². The number of sulfone groups is 1. The molecule has 0 fully saturated rings. The number of carbonyl (C=O) groups is 2. The van der Waals surface area contributed by atoms with Crippen molar-refractivity contribution in [2.45, 2.75) is 19.9 Å². The first-order chi connectivity index (χ1) is 9.60. The predicted molar refractivity (Wildman–Crippen MR) is 79.5 cm³/mol. The molecule has 0 aliphatic heterocycles. The quantitative estimate of drug-likeness (QED) is 0.757. The van der Waals surface area contributed by atoms with Crippen LogP contribution in [0.25, 0.3) is 0 Å². The topological polar surface area (TPSA) is 113 Å². The lowest BCUT2D eigenvalue weighted by atomic mass is 10.1. The number of anilines is 1. The summed E-state index contributed by atoms with van der Waals surface area (Å²) in [6.45, 7) is 3.15. The summed E-state index contributed by atoms with van der Waals surface area (Å²) in [4.78, 5) is 22.8. The van der Waals surface area contributed by atoms with Gasteiger partial charge in [0, 0.05) is 18.0 Å². The Bertz CT molecular complexity index is 655. The van der Waals surface area contributed by atoms with Gasteiger partial charge in [-0.2, -0.15) is 0 Å². The normalized spacial score (nSPS) is 12.5. The molecular formula is C13H18N2O5S. The highest BCUT2D eigenvalue weighted by molar-refractivity contribution is 7.90. The molecule has 0 aliphatic carbocycles. The van der Waals surface area contributed by atoms with Gasteiger partial charge < -0.3 is 15.7 Å². The predicted octanol–water partition coefficient (Wildman–Crippen LogP) is 1.25. The van der Waals surface area contributed by atoms with Gasteiger partial charge in [0.2, 0.25) is 0 Å². The number of carbonyl (C=O) groups excluding carboxylic acids is 1. The minimum Gasteiger partial charge on any atom is -0.478 e. The Labute approximate surface area is 123 Å². The average Bonchev–Trinajstić information content (AvgIpc) is 2.28. The zero-order chi connectivity index (χ0) is 16.2. The molecule has 8 heteroatoms. The van der Waals surface area contributed by atoms with E-state index in [1.165, 1.54) is 12.1 Å². The van der Waals surface area contributed by atoms with Crippen molar-refractivity contribution in [1.29, 1.82) is 0 Å². The van der Waals surface area contributed by atoms with Crippen LogP contribution < -0.4 is 10.6 Å². The molecule has 7 nitrogen and oxygen atoms in total. The molecule has 0 spiro atoms. The van der Waals surface area contributed by atoms with Crippen molar-refractivity contribution in [1.82, 2.24) is 5.32 Å². The number of amides is 2. The van der Waals surface area contributed by atoms with Gasteiger partial charge in [0.15, 0.2) is 0 Å². The van der Waals surface area contributed by atoms with Crippen LogP contribution in [0.1, 0.15) is 22.8 Å². The Hall–Kier alpha value is -2.09. The van der Waals surface area contributed by atoms with Crippen LogP contribution in [0.4, 0.5) is 10.5 Å². The lowest BCUT2D eigenvalue weighted by Gasteiger charge is -2.15. The minimum atomic E-state index is -3.19. The van der Waals surface area contributed by atoms with E-state index in [0.717, 1.165) is 6.26 Å². The average molecular weight is 314 g/mol. The van der Waals surface area contributed by atoms with Gasteiger partial charge in [-0.1, -0.05) is 6.07 Å². The number of aromatic carboxylic acids is 1. The standard InChI is InChI=1S/C13H18N2O5S/c1-8(7-21(3,19)20)14-13(18)15-11-6-4-5-10(9(11)2)12(16)17/h4-6,8H,7H2,1-3H3,(H,16,17)(H2,14,15,18). The molecule has 0 saturated carbocycles. The van der Waals surface area contributed by atoms with Crippen molar-refractivity contribution in [2.75, 3.05) is 17.3 Å². The van der Waals surface area contributed by atoms with Crippen LogP contribution in [0.5, 0.6) is 0 Å². The molecule has 21 heavy (non-hydrogen) atoms. The van der Waals surface area contributed by atoms with Crippen LogP contribution >= 0.6 is 0 Å². The van der Waals surface area contributed by atoms with Gasteiger partial charge in [0.25, 0.3) is 0 Å². The summed E-state index contributed by atoms with van der Waals surface area (Å²) in [5.74, 6) is -1.25. The smallest absolute Gasteiger partial charge is 0.336 e. The zero-order valence-corrected chi connectivity index (χ0v) is 12.8. The van der Waals surface area contributed by atoms with Crippen LogP contribution in [0.15, 0.2) is 18.2 Å². The summed E-state index contributed by atoms with van der Waals surface area (Å²) in [6.07, 6.45) is 1.09. The van der Waals surface area contributed by atoms with Gasteiger partial charge in [-0.15, -0.1) is 0 Å². The first-order valence-corrected chi connectivity index (χ1v) is 8.24. The molecule has 1 unspecified atom stereocenters. The lowest BCUT2D eigenvalue weighted by molar-refractivity contribution is 0.0696. The fraction of sp³-hybridized carbons (Fsp3) is 0.385. The van der Waals surface area contributed by atoms with E-state index in [4.69, 9.17) is 5.11 Å². The molecule has 1 aromatic rings. The van der Waals surface area contributed by atoms with Crippen LogP contribution in [-0.2, 0) is 9.84 Å². The molecule has 0 heterocycles. The Morgan fingerprint density at radius 1 is 1.33 bits per heavy atom. The van der Waals surface area contributed by atoms with Crippen LogP contribution in [-0.4, -0.2) is 43.6 Å². The maximum absolute atomic E-state index is 11.8. The van der Waals surface area contributed by atoms with E-state index in [1.807, 2.05) is 0 Å². The molecule has 116 valence electrons. The fourth-order valence-electron chi connectivity index (χ4n) is 1.88. The second kappa shape index (κ2) is 6.57. The summed E-state index contributed by atoms with van der Waals surface area (Å²) in [6, 6.07) is 3.39. The van der Waals surface area contributed by atoms with Gasteiger partial charge in [0.1, 0.15) is 9.84 Å². The highest BCUT2D eigenvalue weighted by atomic mass is 32.2. The number of rotatable bonds is 5. The van der Waals surface area contributed by atoms with E-state index in [2.05, 4.69) is 10.6 Å². The summed E-state index contributed by atoms with van der Waals surface area (Å²) < 4.78 is 22.2. The number of urea groups is 1. The molecule has 0 aromatic heterocycles. The molecule has 0 saturated heterocycles. The van der Waals surface area contributed by atoms with E-state index in [0.29, 0.717) is 11.3 Å². The number of hydrogen-bond donors (Lipinski definition) is 3. The van der Waals surface area contributed by atoms with Crippen LogP contribution in [0.3, 0.4) is 0 Å². The third-order valence-electron chi connectivity index (χ3n) is 2.74. The van der Waals surface area contributed by atoms with E-state index in [1.54, 1.807) is 19.9 Å². The highest BCUT2D eigenvalue weighted by Crippen LogP contribution is 2.18. The van der Waals surface area contributed by atoms with Crippen molar-refractivity contribution in [2.24, 2.45) is 0 Å². The van der Waals surface area contributed by atoms with E-state index >= 15 is 0 Å². The summed E-state index contributed by atoms with van der Waals surface area (Å²) >= 11 is 0. The molecule has 2 amide bonds. The van der Waals surface area contributed by atoms with E-state index < -0.39 is 27.9 Å². The second-order valence-electron chi connectivity index (χ2n) is 4.88. The second-order valence-corrected chi connectivity index (χ2v) is 7.06. The largest absolute Gasteiger partial charge is 0.478 e. The number of carboxylic acids is 1. The molecule has 0 bridgehead atoms. The minimum absolute atomic E-state index is 0.0944. The van der Waals surface area contributed by atoms with Gasteiger partial charge in [0.05, 0.1) is 11.3 Å². The number of carboxylic acid groups (broad SMARTS) is 1. The first-order valence-electron chi connectivity index (χ1n) is 6.18. The van der Waals surface area contributed by atoms with Crippen LogP contribution in [0.2, 0.25) is 0 Å². The third-order valence-corrected chi connectivity index (χ3v) is 3.85. The maximum atomic E-state index is 11.8. The summed E-state index contributed by atoms with van der Waals surface area (Å²) in [7, 11) is -3.19. The van der Waals surface area contributed by atoms with E-state index in [-0.39, 0.29) is 11.3 Å². The van der Waals surface area contributed by atoms with Crippen molar-refractivity contribution in [3.05, 3.63) is 29.3 Å². The fourth-order valence-corrected chi connectivity index (χ4v) is 2.87. The highest BCUT2D eigenvalue weighted by Gasteiger charge is 2.15.